The van der Waals surface area contributed by atoms with Gasteiger partial charge >= 0.3 is 6.18 Å². The van der Waals surface area contributed by atoms with Gasteiger partial charge in [-0.05, 0) is 18.9 Å². The molecule has 0 bridgehead atoms. The third-order valence-electron chi connectivity index (χ3n) is 2.55. The summed E-state index contributed by atoms with van der Waals surface area (Å²) in [7, 11) is 0. The maximum Gasteiger partial charge on any atom is 0.405 e. The highest BCUT2D eigenvalue weighted by Gasteiger charge is 2.39. The van der Waals surface area contributed by atoms with Crippen LogP contribution in [0.3, 0.4) is 0 Å². The van der Waals surface area contributed by atoms with Crippen molar-refractivity contribution in [2.24, 2.45) is 0 Å². The number of pyridine rings is 1. The molecular formula is C10H10Cl2F3N3. The first-order valence-corrected chi connectivity index (χ1v) is 5.98. The Labute approximate surface area is 112 Å². The van der Waals surface area contributed by atoms with Gasteiger partial charge in [0, 0.05) is 6.04 Å². The van der Waals surface area contributed by atoms with Crippen LogP contribution in [0.2, 0.25) is 10.0 Å². The highest BCUT2D eigenvalue weighted by molar-refractivity contribution is 6.37. The van der Waals surface area contributed by atoms with Gasteiger partial charge in [-0.3, -0.25) is 0 Å². The average molecular weight is 300 g/mol. The summed E-state index contributed by atoms with van der Waals surface area (Å²) in [4.78, 5) is 4.99. The molecule has 3 nitrogen and oxygen atoms in total. The predicted molar refractivity (Wildman–Crippen MR) is 65.1 cm³/mol. The van der Waals surface area contributed by atoms with Gasteiger partial charge in [0.1, 0.15) is 12.4 Å². The van der Waals surface area contributed by atoms with Crippen LogP contribution in [-0.4, -0.2) is 23.7 Å². The van der Waals surface area contributed by atoms with Crippen molar-refractivity contribution >= 4 is 34.8 Å². The van der Waals surface area contributed by atoms with Gasteiger partial charge in [0.05, 0.1) is 10.0 Å². The Hall–Kier alpha value is -0.880. The molecule has 1 heterocycles. The molecule has 1 fully saturated rings. The number of nitrogens with two attached hydrogens (primary N) is 1. The number of nitrogens with zero attached hydrogens (tertiary/aromatic N) is 2. The summed E-state index contributed by atoms with van der Waals surface area (Å²) in [6.07, 6.45) is -2.94. The molecule has 0 aliphatic heterocycles. The molecule has 0 atom stereocenters. The van der Waals surface area contributed by atoms with E-state index in [9.17, 15) is 13.2 Å². The third-order valence-corrected chi connectivity index (χ3v) is 3.13. The normalized spacial score (nSPS) is 15.8. The minimum atomic E-state index is -4.32. The summed E-state index contributed by atoms with van der Waals surface area (Å²) in [6.45, 7) is -1.09. The first kappa shape index (κ1) is 13.5. The molecule has 100 valence electrons. The molecule has 18 heavy (non-hydrogen) atoms. The minimum Gasteiger partial charge on any atom is -0.382 e. The van der Waals surface area contributed by atoms with Crippen molar-refractivity contribution in [2.45, 2.75) is 25.1 Å². The Morgan fingerprint density at radius 1 is 1.33 bits per heavy atom. The topological polar surface area (TPSA) is 42.1 Å². The molecule has 0 saturated heterocycles. The Morgan fingerprint density at radius 3 is 2.44 bits per heavy atom. The minimum absolute atomic E-state index is 0.0242. The van der Waals surface area contributed by atoms with Crippen LogP contribution in [0.25, 0.3) is 0 Å². The molecule has 1 aliphatic rings. The van der Waals surface area contributed by atoms with Crippen molar-refractivity contribution in [3.63, 3.8) is 0 Å². The van der Waals surface area contributed by atoms with Crippen LogP contribution in [0, 0.1) is 0 Å². The maximum absolute atomic E-state index is 12.5. The quantitative estimate of drug-likeness (QED) is 0.929. The van der Waals surface area contributed by atoms with Crippen LogP contribution in [0.4, 0.5) is 24.8 Å². The molecular weight excluding hydrogens is 290 g/mol. The monoisotopic (exact) mass is 299 g/mol. The smallest absolute Gasteiger partial charge is 0.382 e. The van der Waals surface area contributed by atoms with Crippen molar-refractivity contribution in [3.8, 4) is 0 Å². The molecule has 0 aromatic carbocycles. The third kappa shape index (κ3) is 3.11. The molecule has 0 unspecified atom stereocenters. The lowest BCUT2D eigenvalue weighted by molar-refractivity contribution is -0.120. The van der Waals surface area contributed by atoms with Crippen LogP contribution < -0.4 is 10.6 Å². The van der Waals surface area contributed by atoms with E-state index in [-0.39, 0.29) is 27.7 Å². The highest BCUT2D eigenvalue weighted by atomic mass is 35.5. The van der Waals surface area contributed by atoms with Gasteiger partial charge < -0.3 is 10.6 Å². The summed E-state index contributed by atoms with van der Waals surface area (Å²) < 4.78 is 37.6. The zero-order chi connectivity index (χ0) is 13.5. The average Bonchev–Trinajstić information content (AvgIpc) is 3.02. The molecule has 0 radical (unpaired) electrons. The summed E-state index contributed by atoms with van der Waals surface area (Å²) in [6, 6.07) is 1.13. The number of nitrogen functional groups attached to an aromatic ring is 1. The summed E-state index contributed by atoms with van der Waals surface area (Å²) in [5.74, 6) is 0.0160. The summed E-state index contributed by atoms with van der Waals surface area (Å²) >= 11 is 11.6. The van der Waals surface area contributed by atoms with Gasteiger partial charge in [0.15, 0.2) is 5.82 Å². The van der Waals surface area contributed by atoms with E-state index in [1.807, 2.05) is 0 Å². The lowest BCUT2D eigenvalue weighted by Crippen LogP contribution is -2.36. The van der Waals surface area contributed by atoms with Crippen LogP contribution in [0.1, 0.15) is 12.8 Å². The summed E-state index contributed by atoms with van der Waals surface area (Å²) in [5, 5.41) is 0.205. The number of halogens is 5. The van der Waals surface area contributed by atoms with Gasteiger partial charge in [-0.15, -0.1) is 0 Å². The zero-order valence-electron chi connectivity index (χ0n) is 9.14. The second-order valence-electron chi connectivity index (χ2n) is 4.14. The predicted octanol–water partition coefficient (Wildman–Crippen LogP) is 3.50. The zero-order valence-corrected chi connectivity index (χ0v) is 10.6. The number of alkyl halides is 3. The Bertz CT molecular complexity index is 460. The van der Waals surface area contributed by atoms with E-state index >= 15 is 0 Å². The van der Waals surface area contributed by atoms with Crippen molar-refractivity contribution in [2.75, 3.05) is 17.2 Å². The number of anilines is 2. The maximum atomic E-state index is 12.5. The van der Waals surface area contributed by atoms with Crippen LogP contribution >= 0.6 is 23.2 Å². The highest BCUT2D eigenvalue weighted by Crippen LogP contribution is 2.38. The second-order valence-corrected chi connectivity index (χ2v) is 4.95. The van der Waals surface area contributed by atoms with E-state index in [0.29, 0.717) is 12.8 Å². The van der Waals surface area contributed by atoms with E-state index < -0.39 is 12.7 Å². The van der Waals surface area contributed by atoms with E-state index in [2.05, 4.69) is 4.98 Å². The summed E-state index contributed by atoms with van der Waals surface area (Å²) in [5.41, 5.74) is 5.50. The van der Waals surface area contributed by atoms with Gasteiger partial charge in [-0.25, -0.2) is 4.98 Å². The fourth-order valence-corrected chi connectivity index (χ4v) is 2.10. The molecule has 1 aliphatic carbocycles. The molecule has 1 aromatic heterocycles. The van der Waals surface area contributed by atoms with Crippen LogP contribution in [0.15, 0.2) is 6.07 Å². The fraction of sp³-hybridized carbons (Fsp3) is 0.500. The van der Waals surface area contributed by atoms with Crippen LogP contribution in [-0.2, 0) is 0 Å². The Balaban J connectivity index is 2.34. The fourth-order valence-electron chi connectivity index (χ4n) is 1.63. The lowest BCUT2D eigenvalue weighted by atomic mass is 10.3. The second kappa shape index (κ2) is 4.66. The molecule has 2 N–H and O–H groups in total. The molecule has 0 spiro atoms. The molecule has 8 heteroatoms. The number of rotatable bonds is 3. The van der Waals surface area contributed by atoms with E-state index in [1.165, 1.54) is 6.07 Å². The van der Waals surface area contributed by atoms with Gasteiger partial charge in [-0.2, -0.15) is 13.2 Å². The van der Waals surface area contributed by atoms with E-state index in [0.717, 1.165) is 4.90 Å². The first-order chi connectivity index (χ1) is 8.28. The number of hydrogen-bond donors (Lipinski definition) is 1. The van der Waals surface area contributed by atoms with Gasteiger partial charge in [-0.1, -0.05) is 23.2 Å². The number of aromatic nitrogens is 1. The van der Waals surface area contributed by atoms with Gasteiger partial charge in [0.2, 0.25) is 0 Å². The van der Waals surface area contributed by atoms with Crippen molar-refractivity contribution in [1.82, 2.24) is 4.98 Å². The Kier molecular flexibility index (Phi) is 3.51. The molecule has 1 saturated carbocycles. The molecule has 2 rings (SSSR count). The molecule has 1 aromatic rings. The SMILES string of the molecule is Nc1nc(N(CC(F)(F)F)C2CC2)c(Cl)cc1Cl. The number of hydrogen-bond acceptors (Lipinski definition) is 3. The van der Waals surface area contributed by atoms with Crippen LogP contribution in [0.5, 0.6) is 0 Å². The van der Waals surface area contributed by atoms with Crippen molar-refractivity contribution < 1.29 is 13.2 Å². The van der Waals surface area contributed by atoms with Crippen molar-refractivity contribution in [1.29, 1.82) is 0 Å². The largest absolute Gasteiger partial charge is 0.405 e. The van der Waals surface area contributed by atoms with Crippen molar-refractivity contribution in [3.05, 3.63) is 16.1 Å². The standard InChI is InChI=1S/C10H10Cl2F3N3/c11-6-3-7(12)9(17-8(6)16)18(5-1-2-5)4-10(13,14)15/h3,5H,1-2,4H2,(H2,16,17). The van der Waals surface area contributed by atoms with E-state index in [1.54, 1.807) is 0 Å². The Morgan fingerprint density at radius 2 is 1.94 bits per heavy atom. The van der Waals surface area contributed by atoms with Gasteiger partial charge in [0.25, 0.3) is 0 Å². The van der Waals surface area contributed by atoms with E-state index in [4.69, 9.17) is 28.9 Å². The first-order valence-electron chi connectivity index (χ1n) is 5.23. The molecule has 0 amide bonds. The lowest BCUT2D eigenvalue weighted by Gasteiger charge is -2.25.